The fraction of sp³-hybridized carbons (Fsp3) is 0.706. The van der Waals surface area contributed by atoms with Gasteiger partial charge in [0.25, 0.3) is 5.92 Å². The molecule has 2 amide bonds. The highest BCUT2D eigenvalue weighted by Crippen LogP contribution is 2.29. The second-order valence-electron chi connectivity index (χ2n) is 6.89. The van der Waals surface area contributed by atoms with Crippen molar-refractivity contribution in [3.8, 4) is 0 Å². The number of amides is 2. The Labute approximate surface area is 145 Å². The summed E-state index contributed by atoms with van der Waals surface area (Å²) in [6.45, 7) is 3.06. The zero-order valence-corrected chi connectivity index (χ0v) is 14.5. The van der Waals surface area contributed by atoms with E-state index in [1.807, 2.05) is 13.0 Å². The second kappa shape index (κ2) is 7.09. The van der Waals surface area contributed by atoms with E-state index in [1.54, 1.807) is 15.8 Å². The summed E-state index contributed by atoms with van der Waals surface area (Å²) in [6, 6.07) is 1.61. The molecule has 0 N–H and O–H groups in total. The van der Waals surface area contributed by atoms with Crippen molar-refractivity contribution in [2.75, 3.05) is 19.6 Å². The summed E-state index contributed by atoms with van der Waals surface area (Å²) in [4.78, 5) is 28.1. The minimum absolute atomic E-state index is 0.0741. The van der Waals surface area contributed by atoms with Crippen LogP contribution in [-0.2, 0) is 16.1 Å². The van der Waals surface area contributed by atoms with E-state index in [1.165, 1.54) is 4.90 Å². The Hall–Kier alpha value is -1.99. The van der Waals surface area contributed by atoms with Crippen LogP contribution < -0.4 is 0 Å². The molecule has 0 aliphatic carbocycles. The van der Waals surface area contributed by atoms with Gasteiger partial charge < -0.3 is 9.80 Å². The van der Waals surface area contributed by atoms with Crippen molar-refractivity contribution in [2.24, 2.45) is 0 Å². The maximum Gasteiger partial charge on any atom is 0.251 e. The zero-order valence-electron chi connectivity index (χ0n) is 14.5. The molecule has 1 atom stereocenters. The lowest BCUT2D eigenvalue weighted by atomic mass is 10.0. The molecule has 0 unspecified atom stereocenters. The SMILES string of the molecule is CCCC(=O)N1Cc2ccnn2[C@H](CC(=O)N2CCC(F)(F)CC2)C1. The van der Waals surface area contributed by atoms with Crippen LogP contribution in [0, 0.1) is 0 Å². The molecule has 0 aromatic carbocycles. The second-order valence-corrected chi connectivity index (χ2v) is 6.89. The zero-order chi connectivity index (χ0) is 18.0. The average Bonchev–Trinajstić information content (AvgIpc) is 3.03. The normalized spacial score (nSPS) is 22.6. The Bertz CT molecular complexity index is 636. The molecule has 6 nitrogen and oxygen atoms in total. The van der Waals surface area contributed by atoms with Gasteiger partial charge in [-0.3, -0.25) is 14.3 Å². The topological polar surface area (TPSA) is 58.4 Å². The van der Waals surface area contributed by atoms with Gasteiger partial charge >= 0.3 is 0 Å². The van der Waals surface area contributed by atoms with E-state index in [0.717, 1.165) is 12.1 Å². The third kappa shape index (κ3) is 3.99. The van der Waals surface area contributed by atoms with Gasteiger partial charge in [-0.15, -0.1) is 0 Å². The van der Waals surface area contributed by atoms with Crippen LogP contribution in [0.25, 0.3) is 0 Å². The van der Waals surface area contributed by atoms with Gasteiger partial charge in [-0.1, -0.05) is 6.92 Å². The van der Waals surface area contributed by atoms with Crippen molar-refractivity contribution < 1.29 is 18.4 Å². The number of aromatic nitrogens is 2. The number of halogens is 2. The Morgan fingerprint density at radius 1 is 1.24 bits per heavy atom. The quantitative estimate of drug-likeness (QED) is 0.833. The Morgan fingerprint density at radius 2 is 1.96 bits per heavy atom. The first-order valence-electron chi connectivity index (χ1n) is 8.85. The third-order valence-corrected chi connectivity index (χ3v) is 4.96. The molecule has 1 fully saturated rings. The highest BCUT2D eigenvalue weighted by molar-refractivity contribution is 5.78. The number of hydrogen-bond acceptors (Lipinski definition) is 3. The van der Waals surface area contributed by atoms with Gasteiger partial charge in [0, 0.05) is 45.1 Å². The number of alkyl halides is 2. The largest absolute Gasteiger partial charge is 0.342 e. The van der Waals surface area contributed by atoms with Crippen molar-refractivity contribution in [3.63, 3.8) is 0 Å². The first-order valence-corrected chi connectivity index (χ1v) is 8.85. The van der Waals surface area contributed by atoms with E-state index >= 15 is 0 Å². The van der Waals surface area contributed by atoms with Crippen LogP contribution in [0.1, 0.15) is 50.8 Å². The number of nitrogens with zero attached hydrogens (tertiary/aromatic N) is 4. The molecule has 1 aromatic heterocycles. The molecule has 8 heteroatoms. The van der Waals surface area contributed by atoms with Crippen molar-refractivity contribution in [2.45, 2.75) is 57.5 Å². The smallest absolute Gasteiger partial charge is 0.251 e. The standard InChI is InChI=1S/C17H24F2N4O2/c1-2-3-15(24)22-11-13-4-7-20-23(13)14(12-22)10-16(25)21-8-5-17(18,19)6-9-21/h4,7,14H,2-3,5-6,8-12H2,1H3/t14-/m1/s1. The van der Waals surface area contributed by atoms with Crippen molar-refractivity contribution >= 4 is 11.8 Å². The van der Waals surface area contributed by atoms with Gasteiger partial charge in [-0.2, -0.15) is 5.10 Å². The molecular weight excluding hydrogens is 330 g/mol. The number of carbonyl (C=O) groups excluding carboxylic acids is 2. The van der Waals surface area contributed by atoms with Crippen LogP contribution >= 0.6 is 0 Å². The molecule has 3 rings (SSSR count). The maximum absolute atomic E-state index is 13.3. The Balaban J connectivity index is 1.67. The van der Waals surface area contributed by atoms with E-state index in [0.29, 0.717) is 19.5 Å². The summed E-state index contributed by atoms with van der Waals surface area (Å²) in [7, 11) is 0. The number of piperidine rings is 1. The average molecular weight is 354 g/mol. The van der Waals surface area contributed by atoms with Crippen molar-refractivity contribution in [1.29, 1.82) is 0 Å². The first kappa shape index (κ1) is 17.8. The molecule has 0 bridgehead atoms. The van der Waals surface area contributed by atoms with Crippen LogP contribution in [0.2, 0.25) is 0 Å². The van der Waals surface area contributed by atoms with Gasteiger partial charge in [-0.05, 0) is 12.5 Å². The van der Waals surface area contributed by atoms with E-state index in [2.05, 4.69) is 5.10 Å². The van der Waals surface area contributed by atoms with E-state index in [9.17, 15) is 18.4 Å². The van der Waals surface area contributed by atoms with E-state index in [-0.39, 0.29) is 50.2 Å². The number of rotatable bonds is 4. The minimum atomic E-state index is -2.67. The van der Waals surface area contributed by atoms with Crippen molar-refractivity contribution in [1.82, 2.24) is 19.6 Å². The summed E-state index contributed by atoms with van der Waals surface area (Å²) in [5.41, 5.74) is 0.902. The molecule has 2 aliphatic rings. The monoisotopic (exact) mass is 354 g/mol. The predicted molar refractivity (Wildman–Crippen MR) is 87.0 cm³/mol. The highest BCUT2D eigenvalue weighted by Gasteiger charge is 2.37. The first-order chi connectivity index (χ1) is 11.9. The molecule has 2 aliphatic heterocycles. The van der Waals surface area contributed by atoms with Crippen LogP contribution in [0.3, 0.4) is 0 Å². The fourth-order valence-corrected chi connectivity index (χ4v) is 3.51. The molecule has 0 saturated carbocycles. The predicted octanol–water partition coefficient (Wildman–Crippen LogP) is 2.21. The van der Waals surface area contributed by atoms with Gasteiger partial charge in [0.05, 0.1) is 24.7 Å². The summed E-state index contributed by atoms with van der Waals surface area (Å²) >= 11 is 0. The highest BCUT2D eigenvalue weighted by atomic mass is 19.3. The van der Waals surface area contributed by atoms with Crippen LogP contribution in [0.4, 0.5) is 8.78 Å². The molecule has 0 radical (unpaired) electrons. The number of fused-ring (bicyclic) bond motifs is 1. The van der Waals surface area contributed by atoms with Crippen molar-refractivity contribution in [3.05, 3.63) is 18.0 Å². The number of carbonyl (C=O) groups is 2. The Kier molecular flexibility index (Phi) is 5.06. The summed E-state index contributed by atoms with van der Waals surface area (Å²) in [6.07, 6.45) is 2.55. The lowest BCUT2D eigenvalue weighted by molar-refractivity contribution is -0.140. The third-order valence-electron chi connectivity index (χ3n) is 4.96. The van der Waals surface area contributed by atoms with Gasteiger partial charge in [0.1, 0.15) is 0 Å². The minimum Gasteiger partial charge on any atom is -0.342 e. The number of hydrogen-bond donors (Lipinski definition) is 0. The fourth-order valence-electron chi connectivity index (χ4n) is 3.51. The summed E-state index contributed by atoms with van der Waals surface area (Å²) in [5, 5.41) is 4.29. The maximum atomic E-state index is 13.3. The molecule has 25 heavy (non-hydrogen) atoms. The summed E-state index contributed by atoms with van der Waals surface area (Å²) in [5.74, 6) is -2.74. The van der Waals surface area contributed by atoms with Gasteiger partial charge in [-0.25, -0.2) is 8.78 Å². The molecule has 1 aromatic rings. The van der Waals surface area contributed by atoms with E-state index in [4.69, 9.17) is 0 Å². The van der Waals surface area contributed by atoms with Crippen LogP contribution in [0.5, 0.6) is 0 Å². The molecule has 3 heterocycles. The molecule has 1 saturated heterocycles. The number of likely N-dealkylation sites (tertiary alicyclic amines) is 1. The molecule has 0 spiro atoms. The van der Waals surface area contributed by atoms with Gasteiger partial charge in [0.15, 0.2) is 0 Å². The Morgan fingerprint density at radius 3 is 2.64 bits per heavy atom. The lowest BCUT2D eigenvalue weighted by Crippen LogP contribution is -2.46. The molecular formula is C17H24F2N4O2. The molecule has 138 valence electrons. The summed E-state index contributed by atoms with van der Waals surface area (Å²) < 4.78 is 28.3. The van der Waals surface area contributed by atoms with Crippen LogP contribution in [0.15, 0.2) is 12.3 Å². The van der Waals surface area contributed by atoms with Crippen LogP contribution in [-0.4, -0.2) is 57.0 Å². The lowest BCUT2D eigenvalue weighted by Gasteiger charge is -2.36. The van der Waals surface area contributed by atoms with Gasteiger partial charge in [0.2, 0.25) is 11.8 Å². The van der Waals surface area contributed by atoms with E-state index < -0.39 is 5.92 Å².